The van der Waals surface area contributed by atoms with E-state index in [1.807, 2.05) is 36.9 Å². The van der Waals surface area contributed by atoms with Crippen LogP contribution in [0.2, 0.25) is 5.02 Å². The molecule has 8 heteroatoms. The number of hydrogen-bond acceptors (Lipinski definition) is 5. The molecule has 0 aromatic heterocycles. The topological polar surface area (TPSA) is 59.1 Å². The van der Waals surface area contributed by atoms with Crippen molar-refractivity contribution in [3.05, 3.63) is 34.9 Å². The molecule has 7 nitrogen and oxygen atoms in total. The maximum Gasteiger partial charge on any atom is 0.236 e. The van der Waals surface area contributed by atoms with Crippen LogP contribution in [0.3, 0.4) is 0 Å². The van der Waals surface area contributed by atoms with Crippen molar-refractivity contribution in [1.82, 2.24) is 24.9 Å². The number of carbonyl (C=O) groups is 2. The van der Waals surface area contributed by atoms with Gasteiger partial charge >= 0.3 is 0 Å². The number of amides is 2. The number of piperazine rings is 2. The maximum absolute atomic E-state index is 12.7. The minimum Gasteiger partial charge on any atom is -0.353 e. The Morgan fingerprint density at radius 2 is 1.53 bits per heavy atom. The van der Waals surface area contributed by atoms with Gasteiger partial charge in [-0.15, -0.1) is 0 Å². The van der Waals surface area contributed by atoms with Gasteiger partial charge in [0.25, 0.3) is 0 Å². The van der Waals surface area contributed by atoms with Gasteiger partial charge in [-0.05, 0) is 31.5 Å². The predicted octanol–water partition coefficient (Wildman–Crippen LogP) is 1.13. The van der Waals surface area contributed by atoms with Crippen LogP contribution >= 0.6 is 11.6 Å². The highest BCUT2D eigenvalue weighted by Gasteiger charge is 2.25. The van der Waals surface area contributed by atoms with Crippen LogP contribution in [0.4, 0.5) is 0 Å². The Hall–Kier alpha value is -1.67. The quantitative estimate of drug-likeness (QED) is 0.695. The molecular formula is C22H34ClN5O2. The first kappa shape index (κ1) is 23.0. The number of rotatable bonds is 7. The average Bonchev–Trinajstić information content (AvgIpc) is 2.69. The standard InChI is InChI=1S/C22H34ClN5O2/c1-18(2)24-21(29)16-26-6-8-27(9-7-26)17-22(30)28-12-10-25(11-13-28)15-19-4-3-5-20(23)14-19/h3-5,14,18H,6-13,15-17H2,1-2H3,(H,24,29). The van der Waals surface area contributed by atoms with Crippen molar-refractivity contribution < 1.29 is 9.59 Å². The lowest BCUT2D eigenvalue weighted by atomic mass is 10.2. The van der Waals surface area contributed by atoms with Crippen molar-refractivity contribution in [3.63, 3.8) is 0 Å². The highest BCUT2D eigenvalue weighted by molar-refractivity contribution is 6.30. The lowest BCUT2D eigenvalue weighted by Gasteiger charge is -2.38. The van der Waals surface area contributed by atoms with Crippen LogP contribution < -0.4 is 5.32 Å². The molecule has 0 spiro atoms. The van der Waals surface area contributed by atoms with Crippen LogP contribution in [0.15, 0.2) is 24.3 Å². The van der Waals surface area contributed by atoms with Gasteiger partial charge in [-0.25, -0.2) is 0 Å². The van der Waals surface area contributed by atoms with Gasteiger partial charge < -0.3 is 10.2 Å². The third kappa shape index (κ3) is 7.23. The highest BCUT2D eigenvalue weighted by atomic mass is 35.5. The maximum atomic E-state index is 12.7. The van der Waals surface area contributed by atoms with Crippen LogP contribution in [0.5, 0.6) is 0 Å². The fraction of sp³-hybridized carbons (Fsp3) is 0.636. The van der Waals surface area contributed by atoms with E-state index < -0.39 is 0 Å². The van der Waals surface area contributed by atoms with E-state index in [9.17, 15) is 9.59 Å². The second-order valence-electron chi connectivity index (χ2n) is 8.56. The summed E-state index contributed by atoms with van der Waals surface area (Å²) in [5.41, 5.74) is 1.21. The summed E-state index contributed by atoms with van der Waals surface area (Å²) in [6.45, 7) is 12.3. The van der Waals surface area contributed by atoms with E-state index in [-0.39, 0.29) is 17.9 Å². The highest BCUT2D eigenvalue weighted by Crippen LogP contribution is 2.14. The van der Waals surface area contributed by atoms with Crippen molar-refractivity contribution in [2.24, 2.45) is 0 Å². The zero-order valence-corrected chi connectivity index (χ0v) is 18.9. The lowest BCUT2D eigenvalue weighted by molar-refractivity contribution is -0.135. The third-order valence-electron chi connectivity index (χ3n) is 5.66. The zero-order chi connectivity index (χ0) is 21.5. The van der Waals surface area contributed by atoms with Crippen molar-refractivity contribution >= 4 is 23.4 Å². The average molecular weight is 436 g/mol. The first-order valence-electron chi connectivity index (χ1n) is 10.9. The Labute approximate surface area is 184 Å². The molecular weight excluding hydrogens is 402 g/mol. The Balaban J connectivity index is 1.35. The summed E-state index contributed by atoms with van der Waals surface area (Å²) in [5.74, 6) is 0.286. The van der Waals surface area contributed by atoms with Crippen LogP contribution in [-0.2, 0) is 16.1 Å². The normalized spacial score (nSPS) is 19.3. The number of carbonyl (C=O) groups excluding carboxylic acids is 2. The summed E-state index contributed by atoms with van der Waals surface area (Å²) in [4.78, 5) is 33.4. The Morgan fingerprint density at radius 3 is 2.13 bits per heavy atom. The molecule has 2 heterocycles. The minimum atomic E-state index is 0.0742. The van der Waals surface area contributed by atoms with Gasteiger partial charge in [-0.1, -0.05) is 23.7 Å². The molecule has 2 amide bonds. The fourth-order valence-corrected chi connectivity index (χ4v) is 4.23. The summed E-state index contributed by atoms with van der Waals surface area (Å²) in [6.07, 6.45) is 0. The summed E-state index contributed by atoms with van der Waals surface area (Å²) < 4.78 is 0. The van der Waals surface area contributed by atoms with Gasteiger partial charge in [-0.2, -0.15) is 0 Å². The molecule has 1 aromatic rings. The summed E-state index contributed by atoms with van der Waals surface area (Å²) in [5, 5.41) is 3.70. The summed E-state index contributed by atoms with van der Waals surface area (Å²) >= 11 is 6.07. The molecule has 0 aliphatic carbocycles. The Kier molecular flexibility index (Phi) is 8.50. The van der Waals surface area contributed by atoms with Crippen LogP contribution in [0, 0.1) is 0 Å². The van der Waals surface area contributed by atoms with Crippen molar-refractivity contribution in [3.8, 4) is 0 Å². The Bertz CT molecular complexity index is 713. The molecule has 2 saturated heterocycles. The third-order valence-corrected chi connectivity index (χ3v) is 5.90. The molecule has 3 rings (SSSR count). The molecule has 0 unspecified atom stereocenters. The fourth-order valence-electron chi connectivity index (χ4n) is 4.02. The molecule has 0 radical (unpaired) electrons. The van der Waals surface area contributed by atoms with E-state index in [1.165, 1.54) is 5.56 Å². The van der Waals surface area contributed by atoms with Crippen molar-refractivity contribution in [2.75, 3.05) is 65.4 Å². The van der Waals surface area contributed by atoms with E-state index in [0.29, 0.717) is 13.1 Å². The second kappa shape index (κ2) is 11.1. The van der Waals surface area contributed by atoms with Crippen molar-refractivity contribution in [2.45, 2.75) is 26.4 Å². The predicted molar refractivity (Wildman–Crippen MR) is 119 cm³/mol. The van der Waals surface area contributed by atoms with E-state index in [1.54, 1.807) is 0 Å². The molecule has 0 atom stereocenters. The van der Waals surface area contributed by atoms with Gasteiger partial charge in [0, 0.05) is 70.0 Å². The molecule has 0 saturated carbocycles. The molecule has 30 heavy (non-hydrogen) atoms. The summed E-state index contributed by atoms with van der Waals surface area (Å²) in [7, 11) is 0. The monoisotopic (exact) mass is 435 g/mol. The number of nitrogens with one attached hydrogen (secondary N) is 1. The number of benzene rings is 1. The van der Waals surface area contributed by atoms with Gasteiger partial charge in [0.1, 0.15) is 0 Å². The van der Waals surface area contributed by atoms with E-state index in [4.69, 9.17) is 11.6 Å². The second-order valence-corrected chi connectivity index (χ2v) is 9.00. The van der Waals surface area contributed by atoms with Crippen LogP contribution in [0.1, 0.15) is 19.4 Å². The van der Waals surface area contributed by atoms with Crippen molar-refractivity contribution in [1.29, 1.82) is 0 Å². The largest absolute Gasteiger partial charge is 0.353 e. The lowest BCUT2D eigenvalue weighted by Crippen LogP contribution is -2.54. The summed E-state index contributed by atoms with van der Waals surface area (Å²) in [6, 6.07) is 8.14. The van der Waals surface area contributed by atoms with Gasteiger partial charge in [0.2, 0.25) is 11.8 Å². The molecule has 2 aliphatic heterocycles. The van der Waals surface area contributed by atoms with Gasteiger partial charge in [0.05, 0.1) is 13.1 Å². The van der Waals surface area contributed by atoms with E-state index >= 15 is 0 Å². The van der Waals surface area contributed by atoms with Gasteiger partial charge in [0.15, 0.2) is 0 Å². The minimum absolute atomic E-state index is 0.0742. The zero-order valence-electron chi connectivity index (χ0n) is 18.1. The molecule has 1 N–H and O–H groups in total. The van der Waals surface area contributed by atoms with Crippen LogP contribution in [-0.4, -0.2) is 103 Å². The molecule has 2 aliphatic rings. The molecule has 1 aromatic carbocycles. The molecule has 0 bridgehead atoms. The van der Waals surface area contributed by atoms with E-state index in [2.05, 4.69) is 26.1 Å². The van der Waals surface area contributed by atoms with E-state index in [0.717, 1.165) is 63.9 Å². The first-order valence-corrected chi connectivity index (χ1v) is 11.3. The first-order chi connectivity index (χ1) is 14.4. The SMILES string of the molecule is CC(C)NC(=O)CN1CCN(CC(=O)N2CCN(Cc3cccc(Cl)c3)CC2)CC1. The number of nitrogens with zero attached hydrogens (tertiary/aromatic N) is 4. The molecule has 2 fully saturated rings. The number of hydrogen-bond donors (Lipinski definition) is 1. The van der Waals surface area contributed by atoms with Gasteiger partial charge in [-0.3, -0.25) is 24.3 Å². The Morgan fingerprint density at radius 1 is 0.933 bits per heavy atom. The number of halogens is 1. The molecule has 166 valence electrons. The van der Waals surface area contributed by atoms with Crippen LogP contribution in [0.25, 0.3) is 0 Å². The smallest absolute Gasteiger partial charge is 0.236 e.